The number of hydrogen-bond donors (Lipinski definition) is 1. The molecular weight excluding hydrogens is 381 g/mol. The van der Waals surface area contributed by atoms with Crippen molar-refractivity contribution in [3.05, 3.63) is 23.3 Å². The van der Waals surface area contributed by atoms with E-state index in [4.69, 9.17) is 5.16 Å². The Morgan fingerprint density at radius 3 is 0.889 bits per heavy atom. The van der Waals surface area contributed by atoms with Gasteiger partial charge in [-0.3, -0.25) is 0 Å². The molecule has 0 fully saturated rings. The minimum absolute atomic E-state index is 0. The first-order chi connectivity index (χ1) is 11.2. The summed E-state index contributed by atoms with van der Waals surface area (Å²) in [6.07, 6.45) is 4.63. The molecule has 0 atom stereocenters. The molecule has 0 saturated heterocycles. The maximum atomic E-state index is 8.99. The van der Waals surface area contributed by atoms with E-state index >= 15 is 0 Å². The molecule has 0 rings (SSSR count). The van der Waals surface area contributed by atoms with Crippen molar-refractivity contribution in [3.63, 3.8) is 0 Å². The minimum Gasteiger partial charge on any atom is -0.317 e. The van der Waals surface area contributed by atoms with Crippen LogP contribution in [0.15, 0.2) is 23.3 Å². The van der Waals surface area contributed by atoms with E-state index in [0.717, 1.165) is 0 Å². The Hall–Kier alpha value is 0.424. The van der Waals surface area contributed by atoms with Crippen molar-refractivity contribution in [2.75, 3.05) is 0 Å². The van der Waals surface area contributed by atoms with Gasteiger partial charge in [0.05, 0.1) is 0 Å². The Bertz CT molecular complexity index is 467. The molecule has 0 aromatic carbocycles. The second kappa shape index (κ2) is 11.6. The van der Waals surface area contributed by atoms with Gasteiger partial charge in [0.2, 0.25) is 0 Å². The first-order valence-electron chi connectivity index (χ1n) is 10.2. The molecular formula is C24H50NPTi. The van der Waals surface area contributed by atoms with Gasteiger partial charge >= 0.3 is 0 Å². The smallest absolute Gasteiger partial charge is 0 e. The van der Waals surface area contributed by atoms with E-state index in [1.165, 1.54) is 11.1 Å². The molecule has 0 unspecified atom stereocenters. The molecule has 0 radical (unpaired) electrons. The van der Waals surface area contributed by atoms with E-state index in [-0.39, 0.29) is 37.2 Å². The van der Waals surface area contributed by atoms with Gasteiger partial charge in [-0.15, -0.1) is 0 Å². The summed E-state index contributed by atoms with van der Waals surface area (Å²) in [6.45, 7) is 33.3. The molecule has 0 aromatic heterocycles. The van der Waals surface area contributed by atoms with Crippen molar-refractivity contribution in [2.45, 2.75) is 119 Å². The third-order valence-corrected chi connectivity index (χ3v) is 10.8. The van der Waals surface area contributed by atoms with Gasteiger partial charge in [0.1, 0.15) is 0 Å². The first kappa shape index (κ1) is 32.1. The van der Waals surface area contributed by atoms with Gasteiger partial charge in [0, 0.05) is 21.7 Å². The van der Waals surface area contributed by atoms with Crippen LogP contribution in [0.25, 0.3) is 0 Å². The van der Waals surface area contributed by atoms with Gasteiger partial charge in [-0.2, -0.15) is 0 Å². The summed E-state index contributed by atoms with van der Waals surface area (Å²) in [6, 6.07) is 0. The van der Waals surface area contributed by atoms with E-state index in [2.05, 4.69) is 116 Å². The van der Waals surface area contributed by atoms with E-state index < -0.39 is 7.05 Å². The Morgan fingerprint density at radius 1 is 0.630 bits per heavy atom. The Labute approximate surface area is 188 Å². The summed E-state index contributed by atoms with van der Waals surface area (Å²) in [7, 11) is -1.77. The largest absolute Gasteiger partial charge is 0.317 e. The third kappa shape index (κ3) is 10.1. The Kier molecular flexibility index (Phi) is 13.8. The fraction of sp³-hybridized carbons (Fsp3) is 0.833. The monoisotopic (exact) mass is 431 g/mol. The van der Waals surface area contributed by atoms with Crippen LogP contribution in [0.1, 0.15) is 104 Å². The predicted molar refractivity (Wildman–Crippen MR) is 126 cm³/mol. The quantitative estimate of drug-likeness (QED) is 0.261. The number of rotatable bonds is 3. The zero-order valence-electron chi connectivity index (χ0n) is 21.3. The summed E-state index contributed by atoms with van der Waals surface area (Å²) in [5.74, 6) is 1.31. The standard InChI is InChI=1S/C12H28NP.C12H22.Ti/c1-10(2,3)14(13,11(4,5)6)12(7,8)9;1-9(2)7-11(5)12(6)8-10(3)4;/h13H,1-9H3;7-10H,1-6H3;. The molecule has 27 heavy (non-hydrogen) atoms. The van der Waals surface area contributed by atoms with Crippen LogP contribution >= 0.6 is 7.05 Å². The average Bonchev–Trinajstić information content (AvgIpc) is 2.32. The van der Waals surface area contributed by atoms with Gasteiger partial charge in [-0.05, 0) is 48.2 Å². The SMILES string of the molecule is CC(=CC(C)C)C(C)=CC(C)C.CC(C)(C)P(=N)(C(C)(C)C)C(C)(C)C.[Ti]. The van der Waals surface area contributed by atoms with Gasteiger partial charge < -0.3 is 5.16 Å². The molecule has 1 nitrogen and oxygen atoms in total. The van der Waals surface area contributed by atoms with Crippen molar-refractivity contribution in [1.29, 1.82) is 5.16 Å². The summed E-state index contributed by atoms with van der Waals surface area (Å²) in [5.41, 5.74) is 2.83. The van der Waals surface area contributed by atoms with E-state index in [0.29, 0.717) is 11.8 Å². The Balaban J connectivity index is -0.000000416. The van der Waals surface area contributed by atoms with Gasteiger partial charge in [-0.25, -0.2) is 0 Å². The van der Waals surface area contributed by atoms with E-state index in [9.17, 15) is 0 Å². The van der Waals surface area contributed by atoms with Crippen LogP contribution in [-0.4, -0.2) is 15.5 Å². The Morgan fingerprint density at radius 2 is 0.815 bits per heavy atom. The van der Waals surface area contributed by atoms with Crippen molar-refractivity contribution in [3.8, 4) is 0 Å². The zero-order chi connectivity index (χ0) is 21.7. The minimum atomic E-state index is -1.77. The van der Waals surface area contributed by atoms with Crippen LogP contribution in [0, 0.1) is 17.0 Å². The molecule has 3 heteroatoms. The fourth-order valence-corrected chi connectivity index (χ4v) is 10.3. The maximum absolute atomic E-state index is 8.99. The van der Waals surface area contributed by atoms with Gasteiger partial charge in [0.15, 0.2) is 0 Å². The molecule has 0 aromatic rings. The number of allylic oxidation sites excluding steroid dienone is 4. The summed E-state index contributed by atoms with van der Waals surface area (Å²) >= 11 is 0. The van der Waals surface area contributed by atoms with Crippen LogP contribution in [0.3, 0.4) is 0 Å². The van der Waals surface area contributed by atoms with Crippen molar-refractivity contribution >= 4 is 7.05 Å². The molecule has 0 amide bonds. The van der Waals surface area contributed by atoms with Crippen molar-refractivity contribution in [1.82, 2.24) is 0 Å². The van der Waals surface area contributed by atoms with Crippen LogP contribution in [0.5, 0.6) is 0 Å². The zero-order valence-corrected chi connectivity index (χ0v) is 23.7. The van der Waals surface area contributed by atoms with E-state index in [1.807, 2.05) is 0 Å². The van der Waals surface area contributed by atoms with Crippen molar-refractivity contribution < 1.29 is 21.7 Å². The topological polar surface area (TPSA) is 23.9 Å². The van der Waals surface area contributed by atoms with Crippen molar-refractivity contribution in [2.24, 2.45) is 11.8 Å². The summed E-state index contributed by atoms with van der Waals surface area (Å²) in [4.78, 5) is 0. The van der Waals surface area contributed by atoms with Crippen LogP contribution in [-0.2, 0) is 21.7 Å². The second-order valence-electron chi connectivity index (χ2n) is 11.4. The van der Waals surface area contributed by atoms with Crippen LogP contribution in [0.2, 0.25) is 0 Å². The normalized spacial score (nSPS) is 14.7. The second-order valence-corrected chi connectivity index (χ2v) is 16.7. The third-order valence-electron chi connectivity index (χ3n) is 4.81. The summed E-state index contributed by atoms with van der Waals surface area (Å²) < 4.78 is 0. The average molecular weight is 432 g/mol. The van der Waals surface area contributed by atoms with E-state index in [1.54, 1.807) is 0 Å². The predicted octanol–water partition coefficient (Wildman–Crippen LogP) is 9.35. The first-order valence-corrected chi connectivity index (χ1v) is 12.0. The molecule has 0 aliphatic heterocycles. The molecule has 0 aliphatic rings. The van der Waals surface area contributed by atoms with Gasteiger partial charge in [0.25, 0.3) is 0 Å². The fourth-order valence-electron chi connectivity index (χ4n) is 4.28. The van der Waals surface area contributed by atoms with Crippen LogP contribution in [0.4, 0.5) is 0 Å². The summed E-state index contributed by atoms with van der Waals surface area (Å²) in [5, 5.41) is 9.29. The maximum Gasteiger partial charge on any atom is 0 e. The molecule has 0 spiro atoms. The molecule has 0 aliphatic carbocycles. The molecule has 0 bridgehead atoms. The molecule has 0 heterocycles. The molecule has 1 N–H and O–H groups in total. The molecule has 160 valence electrons. The number of hydrogen-bond acceptors (Lipinski definition) is 1. The molecule has 0 saturated carbocycles. The number of nitrogens with one attached hydrogen (secondary N) is 1. The van der Waals surface area contributed by atoms with Gasteiger partial charge in [-0.1, -0.05) is 113 Å². The van der Waals surface area contributed by atoms with Crippen LogP contribution < -0.4 is 0 Å².